The fourth-order valence-electron chi connectivity index (χ4n) is 2.63. The Bertz CT molecular complexity index is 843. The van der Waals surface area contributed by atoms with Gasteiger partial charge in [-0.15, -0.1) is 0 Å². The molecule has 0 unspecified atom stereocenters. The van der Waals surface area contributed by atoms with Crippen molar-refractivity contribution in [2.24, 2.45) is 0 Å². The van der Waals surface area contributed by atoms with Crippen molar-refractivity contribution >= 4 is 20.4 Å². The van der Waals surface area contributed by atoms with Gasteiger partial charge in [0.25, 0.3) is 0 Å². The predicted molar refractivity (Wildman–Crippen MR) is 86.9 cm³/mol. The van der Waals surface area contributed by atoms with Crippen LogP contribution < -0.4 is 0 Å². The number of rotatable bonds is 6. The zero-order valence-corrected chi connectivity index (χ0v) is 16.2. The summed E-state index contributed by atoms with van der Waals surface area (Å²) in [7, 11) is -10.1. The average molecular weight is 478 g/mol. The summed E-state index contributed by atoms with van der Waals surface area (Å²) in [5.41, 5.74) is 0.686. The van der Waals surface area contributed by atoms with Crippen molar-refractivity contribution in [1.29, 1.82) is 0 Å². The van der Waals surface area contributed by atoms with Gasteiger partial charge in [0.1, 0.15) is 0 Å². The number of hydrogen-bond acceptors (Lipinski definition) is 3. The van der Waals surface area contributed by atoms with E-state index in [2.05, 4.69) is 3.63 Å². The number of benzene rings is 1. The van der Waals surface area contributed by atoms with Gasteiger partial charge >= 0.3 is 33.4 Å². The van der Waals surface area contributed by atoms with E-state index in [-0.39, 0.29) is 29.2 Å². The molecule has 0 aromatic heterocycles. The lowest BCUT2D eigenvalue weighted by Crippen LogP contribution is -2.63. The van der Waals surface area contributed by atoms with E-state index in [1.54, 1.807) is 6.92 Å². The summed E-state index contributed by atoms with van der Waals surface area (Å²) in [6.07, 6.45) is -6.59. The lowest BCUT2D eigenvalue weighted by molar-refractivity contribution is -0.382. The average Bonchev–Trinajstić information content (AvgIpc) is 3.02. The van der Waals surface area contributed by atoms with Crippen molar-refractivity contribution in [2.45, 2.75) is 47.9 Å². The molecule has 1 aliphatic rings. The third-order valence-corrected chi connectivity index (χ3v) is 9.97. The van der Waals surface area contributed by atoms with Gasteiger partial charge in [0.15, 0.2) is 0 Å². The zero-order chi connectivity index (χ0) is 22.5. The van der Waals surface area contributed by atoms with Gasteiger partial charge in [-0.05, 0) is 31.9 Å². The molecule has 0 N–H and O–H groups in total. The monoisotopic (exact) mass is 478 g/mol. The van der Waals surface area contributed by atoms with Gasteiger partial charge in [-0.25, -0.2) is 3.63 Å². The SMILES string of the molecule is Cc1ccc(S2(OS(=O)(=O)C(F)(F)C(F)(F)C(F)(F)C(F)(F)F)CCCC2)cc1. The molecule has 3 nitrogen and oxygen atoms in total. The predicted octanol–water partition coefficient (Wildman–Crippen LogP) is 5.64. The Hall–Kier alpha value is -1.15. The van der Waals surface area contributed by atoms with Gasteiger partial charge in [0, 0.05) is 16.4 Å². The van der Waals surface area contributed by atoms with Gasteiger partial charge in [-0.1, -0.05) is 28.0 Å². The maximum Gasteiger partial charge on any atom is 0.460 e. The highest BCUT2D eigenvalue weighted by molar-refractivity contribution is 8.33. The van der Waals surface area contributed by atoms with Crippen LogP contribution in [0.4, 0.5) is 39.5 Å². The summed E-state index contributed by atoms with van der Waals surface area (Å²) in [5.74, 6) is -14.9. The van der Waals surface area contributed by atoms with E-state index in [9.17, 15) is 47.9 Å². The standard InChI is InChI=1S/C15H15F9O3S2/c1-10-4-6-11(7-5-10)28(8-2-3-9-28)27-29(25,26)15(23,24)13(18,19)12(16,17)14(20,21)22/h4-7H,2-3,8-9H2,1H3. The van der Waals surface area contributed by atoms with Gasteiger partial charge in [0.2, 0.25) is 0 Å². The van der Waals surface area contributed by atoms with E-state index in [1.165, 1.54) is 24.3 Å². The Morgan fingerprint density at radius 1 is 0.828 bits per heavy atom. The molecule has 2 rings (SSSR count). The van der Waals surface area contributed by atoms with Crippen LogP contribution in [0.15, 0.2) is 29.2 Å². The molecule has 1 aliphatic heterocycles. The molecular weight excluding hydrogens is 463 g/mol. The molecule has 1 aromatic rings. The molecule has 14 heteroatoms. The molecule has 0 spiro atoms. The van der Waals surface area contributed by atoms with Crippen molar-refractivity contribution in [2.75, 3.05) is 11.5 Å². The molecule has 29 heavy (non-hydrogen) atoms. The van der Waals surface area contributed by atoms with Crippen LogP contribution in [0, 0.1) is 6.92 Å². The fraction of sp³-hybridized carbons (Fsp3) is 0.600. The Morgan fingerprint density at radius 3 is 1.69 bits per heavy atom. The molecule has 1 saturated heterocycles. The van der Waals surface area contributed by atoms with Crippen molar-refractivity contribution in [3.63, 3.8) is 0 Å². The van der Waals surface area contributed by atoms with Crippen LogP contribution in [0.5, 0.6) is 0 Å². The molecule has 1 heterocycles. The number of hydrogen-bond donors (Lipinski definition) is 0. The van der Waals surface area contributed by atoms with Crippen molar-refractivity contribution in [1.82, 2.24) is 0 Å². The fourth-order valence-corrected chi connectivity index (χ4v) is 8.30. The van der Waals surface area contributed by atoms with Crippen LogP contribution in [0.3, 0.4) is 0 Å². The highest BCUT2D eigenvalue weighted by Crippen LogP contribution is 2.65. The first-order chi connectivity index (χ1) is 12.9. The Morgan fingerprint density at radius 2 is 1.28 bits per heavy atom. The van der Waals surface area contributed by atoms with Gasteiger partial charge < -0.3 is 0 Å². The maximum atomic E-state index is 14.0. The largest absolute Gasteiger partial charge is 0.460 e. The zero-order valence-electron chi connectivity index (χ0n) is 14.6. The number of halogens is 9. The summed E-state index contributed by atoms with van der Waals surface area (Å²) in [4.78, 5) is 0.0749. The number of aryl methyl sites for hydroxylation is 1. The lowest BCUT2D eigenvalue weighted by atomic mass is 10.1. The van der Waals surface area contributed by atoms with Crippen LogP contribution in [-0.2, 0) is 13.7 Å². The first-order valence-corrected chi connectivity index (χ1v) is 11.2. The molecule has 0 radical (unpaired) electrons. The van der Waals surface area contributed by atoms with Crippen LogP contribution in [0.25, 0.3) is 0 Å². The number of alkyl halides is 9. The molecule has 0 aliphatic carbocycles. The van der Waals surface area contributed by atoms with Crippen LogP contribution in [0.1, 0.15) is 18.4 Å². The second kappa shape index (κ2) is 7.22. The van der Waals surface area contributed by atoms with E-state index >= 15 is 0 Å². The highest BCUT2D eigenvalue weighted by atomic mass is 32.3. The summed E-state index contributed by atoms with van der Waals surface area (Å²) >= 11 is 0. The highest BCUT2D eigenvalue weighted by Gasteiger charge is 2.86. The van der Waals surface area contributed by atoms with Crippen LogP contribution in [0.2, 0.25) is 0 Å². The van der Waals surface area contributed by atoms with Gasteiger partial charge in [-0.2, -0.15) is 47.9 Å². The van der Waals surface area contributed by atoms with E-state index in [4.69, 9.17) is 0 Å². The topological polar surface area (TPSA) is 43.4 Å². The molecule has 168 valence electrons. The summed E-state index contributed by atoms with van der Waals surface area (Å²) in [6.45, 7) is 1.64. The quantitative estimate of drug-likeness (QED) is 0.497. The summed E-state index contributed by atoms with van der Waals surface area (Å²) in [5, 5.41) is -6.84. The summed E-state index contributed by atoms with van der Waals surface area (Å²) in [6, 6.07) is 5.55. The minimum Gasteiger partial charge on any atom is -0.211 e. The van der Waals surface area contributed by atoms with E-state index in [0.717, 1.165) is 0 Å². The minimum atomic E-state index is -7.32. The smallest absolute Gasteiger partial charge is 0.211 e. The second-order valence-corrected chi connectivity index (χ2v) is 11.3. The van der Waals surface area contributed by atoms with Crippen molar-refractivity contribution in [3.8, 4) is 0 Å². The molecule has 0 amide bonds. The van der Waals surface area contributed by atoms with Crippen LogP contribution in [-0.4, -0.2) is 43.2 Å². The van der Waals surface area contributed by atoms with E-state index < -0.39 is 43.7 Å². The normalized spacial score (nSPS) is 19.9. The van der Waals surface area contributed by atoms with Crippen LogP contribution >= 0.6 is 10.3 Å². The molecule has 1 aromatic carbocycles. The summed E-state index contributed by atoms with van der Waals surface area (Å²) < 4.78 is 146. The first-order valence-electron chi connectivity index (χ1n) is 7.92. The van der Waals surface area contributed by atoms with Crippen molar-refractivity contribution < 1.29 is 51.6 Å². The van der Waals surface area contributed by atoms with Gasteiger partial charge in [-0.3, -0.25) is 0 Å². The Labute approximate surface area is 161 Å². The molecule has 1 fully saturated rings. The van der Waals surface area contributed by atoms with E-state index in [0.29, 0.717) is 5.56 Å². The first kappa shape index (κ1) is 24.1. The molecule has 0 bridgehead atoms. The Kier molecular flexibility index (Phi) is 6.01. The maximum absolute atomic E-state index is 14.0. The molecule has 0 saturated carbocycles. The van der Waals surface area contributed by atoms with Gasteiger partial charge in [0.05, 0.1) is 0 Å². The molecular formula is C15H15F9O3S2. The Balaban J connectivity index is 2.51. The lowest BCUT2D eigenvalue weighted by Gasteiger charge is -2.38. The van der Waals surface area contributed by atoms with E-state index in [1.807, 2.05) is 0 Å². The third-order valence-electron chi connectivity index (χ3n) is 4.30. The molecule has 0 atom stereocenters. The minimum absolute atomic E-state index is 0.0749. The second-order valence-electron chi connectivity index (χ2n) is 6.43. The van der Waals surface area contributed by atoms with Crippen molar-refractivity contribution in [3.05, 3.63) is 29.8 Å². The third kappa shape index (κ3) is 3.82.